The van der Waals surface area contributed by atoms with Gasteiger partial charge in [0.2, 0.25) is 0 Å². The first kappa shape index (κ1) is 37.9. The first-order valence-corrected chi connectivity index (χ1v) is 13.7. The van der Waals surface area contributed by atoms with E-state index in [4.69, 9.17) is 21.4 Å². The summed E-state index contributed by atoms with van der Waals surface area (Å²) in [5.74, 6) is -3.38. The van der Waals surface area contributed by atoms with Crippen molar-refractivity contribution in [2.75, 3.05) is 38.7 Å². The Labute approximate surface area is 249 Å². The zero-order chi connectivity index (χ0) is 28.5. The molecule has 1 heterocycles. The number of hydrogen-bond acceptors (Lipinski definition) is 6. The van der Waals surface area contributed by atoms with Gasteiger partial charge >= 0.3 is 11.9 Å². The molecule has 0 aromatic heterocycles. The van der Waals surface area contributed by atoms with Gasteiger partial charge in [-0.3, -0.25) is 24.1 Å². The van der Waals surface area contributed by atoms with E-state index in [1.165, 1.54) is 0 Å². The molecule has 9 heteroatoms. The normalized spacial score (nSPS) is 14.2. The van der Waals surface area contributed by atoms with Crippen LogP contribution < -0.4 is 0 Å². The summed E-state index contributed by atoms with van der Waals surface area (Å²) in [5, 5.41) is 18.3. The fraction of sp³-hybridized carbons (Fsp3) is 0.500. The number of rotatable bonds is 15. The molecule has 1 fully saturated rings. The van der Waals surface area contributed by atoms with Crippen molar-refractivity contribution in [2.24, 2.45) is 11.8 Å². The van der Waals surface area contributed by atoms with E-state index in [2.05, 4.69) is 0 Å². The Morgan fingerprint density at radius 2 is 1.15 bits per heavy atom. The number of aliphatic carboxylic acids is 2. The zero-order valence-corrected chi connectivity index (χ0v) is 22.9. The molecule has 1 aliphatic rings. The van der Waals surface area contributed by atoms with Gasteiger partial charge in [-0.05, 0) is 36.8 Å². The highest BCUT2D eigenvalue weighted by Gasteiger charge is 2.23. The fourth-order valence-corrected chi connectivity index (χ4v) is 4.38. The van der Waals surface area contributed by atoms with E-state index in [0.29, 0.717) is 45.4 Å². The van der Waals surface area contributed by atoms with Crippen LogP contribution in [-0.2, 0) is 36.8 Å². The third-order valence-electron chi connectivity index (χ3n) is 6.55. The lowest BCUT2D eigenvalue weighted by Crippen LogP contribution is -2.40. The molecular weight excluding hydrogens is 546 g/mol. The number of benzene rings is 2. The minimum absolute atomic E-state index is 0. The molecule has 0 spiro atoms. The summed E-state index contributed by atoms with van der Waals surface area (Å²) in [4.78, 5) is 47.6. The van der Waals surface area contributed by atoms with Crippen LogP contribution in [0, 0.1) is 11.8 Å². The highest BCUT2D eigenvalue weighted by molar-refractivity contribution is 6.27. The quantitative estimate of drug-likeness (QED) is 0.264. The van der Waals surface area contributed by atoms with Gasteiger partial charge in [0, 0.05) is 25.9 Å². The largest absolute Gasteiger partial charge is 0.481 e. The molecule has 2 N–H and O–H groups in total. The Balaban J connectivity index is 0.000000768. The molecule has 0 unspecified atom stereocenters. The minimum Gasteiger partial charge on any atom is -0.481 e. The summed E-state index contributed by atoms with van der Waals surface area (Å²) < 4.78 is 5.24. The van der Waals surface area contributed by atoms with Crippen molar-refractivity contribution in [3.8, 4) is 0 Å². The lowest BCUT2D eigenvalue weighted by molar-refractivity contribution is -0.144. The molecule has 2 aromatic carbocycles. The van der Waals surface area contributed by atoms with Gasteiger partial charge < -0.3 is 14.9 Å². The predicted octanol–water partition coefficient (Wildman–Crippen LogP) is 5.40. The monoisotopic (exact) mass is 591 g/mol. The molecule has 0 aliphatic carbocycles. The molecule has 2 aromatic rings. The predicted molar refractivity (Wildman–Crippen MR) is 162 cm³/mol. The third kappa shape index (κ3) is 16.1. The Hall–Kier alpha value is -3.07. The van der Waals surface area contributed by atoms with Crippen LogP contribution in [0.1, 0.15) is 51.7 Å². The third-order valence-corrected chi connectivity index (χ3v) is 6.85. The lowest BCUT2D eigenvalue weighted by Gasteiger charge is -2.26. The molecular formula is C32H46ClNO7. The van der Waals surface area contributed by atoms with E-state index >= 15 is 0 Å². The summed E-state index contributed by atoms with van der Waals surface area (Å²) >= 11 is 5.38. The number of carboxylic acids is 2. The van der Waals surface area contributed by atoms with Crippen LogP contribution in [0.3, 0.4) is 0 Å². The van der Waals surface area contributed by atoms with Gasteiger partial charge in [0.05, 0.1) is 37.5 Å². The molecule has 0 radical (unpaired) electrons. The van der Waals surface area contributed by atoms with Gasteiger partial charge in [-0.1, -0.05) is 75.5 Å². The number of ketones is 2. The molecule has 0 saturated carbocycles. The number of halogens is 1. The second-order valence-corrected chi connectivity index (χ2v) is 9.89. The van der Waals surface area contributed by atoms with Gasteiger partial charge in [0.1, 0.15) is 11.6 Å². The van der Waals surface area contributed by atoms with E-state index in [-0.39, 0.29) is 45.1 Å². The number of ether oxygens (including phenoxy) is 1. The molecule has 3 rings (SSSR count). The standard InChI is InChI=1S/C17H23NO4.C13H15ClO3.2CH4/c19-16(13-18-8-10-22-11-9-18)12-15(17(20)21)7-6-14-4-2-1-3-5-14;14-9-12(15)8-11(13(16)17)7-6-10-4-2-1-3-5-10;;/h1-5,15H,6-13H2,(H,20,21);1-5,11H,6-9H2,(H,16,17);2*1H4/t15-;11-;;/m11../s1. The number of morpholine rings is 1. The molecule has 0 bridgehead atoms. The lowest BCUT2D eigenvalue weighted by atomic mass is 9.94. The van der Waals surface area contributed by atoms with Crippen molar-refractivity contribution in [3.63, 3.8) is 0 Å². The fourth-order valence-electron chi connectivity index (χ4n) is 4.27. The van der Waals surface area contributed by atoms with E-state index < -0.39 is 23.8 Å². The number of carboxylic acid groups (broad SMARTS) is 2. The maximum atomic E-state index is 12.1. The van der Waals surface area contributed by atoms with Crippen molar-refractivity contribution in [1.29, 1.82) is 0 Å². The number of hydrogen-bond donors (Lipinski definition) is 2. The van der Waals surface area contributed by atoms with Crippen LogP contribution in [0.25, 0.3) is 0 Å². The van der Waals surface area contributed by atoms with Crippen LogP contribution >= 0.6 is 11.6 Å². The average Bonchev–Trinajstić information content (AvgIpc) is 2.94. The molecule has 1 aliphatic heterocycles. The van der Waals surface area contributed by atoms with E-state index in [0.717, 1.165) is 24.2 Å². The zero-order valence-electron chi connectivity index (χ0n) is 22.2. The van der Waals surface area contributed by atoms with E-state index in [9.17, 15) is 24.3 Å². The van der Waals surface area contributed by atoms with Crippen molar-refractivity contribution >= 4 is 35.1 Å². The van der Waals surface area contributed by atoms with E-state index in [1.807, 2.05) is 65.6 Å². The van der Waals surface area contributed by atoms with Crippen molar-refractivity contribution in [1.82, 2.24) is 4.90 Å². The van der Waals surface area contributed by atoms with Crippen LogP contribution in [-0.4, -0.2) is 77.3 Å². The summed E-state index contributed by atoms with van der Waals surface area (Å²) in [7, 11) is 0. The van der Waals surface area contributed by atoms with Crippen molar-refractivity contribution in [3.05, 3.63) is 71.8 Å². The second kappa shape index (κ2) is 21.6. The second-order valence-electron chi connectivity index (χ2n) is 9.63. The molecule has 1 saturated heterocycles. The van der Waals surface area contributed by atoms with Gasteiger partial charge in [0.25, 0.3) is 0 Å². The number of aryl methyl sites for hydroxylation is 2. The van der Waals surface area contributed by atoms with Crippen LogP contribution in [0.4, 0.5) is 0 Å². The van der Waals surface area contributed by atoms with Gasteiger partial charge in [-0.25, -0.2) is 0 Å². The Bertz CT molecular complexity index is 1030. The Kier molecular flexibility index (Phi) is 20.0. The highest BCUT2D eigenvalue weighted by Crippen LogP contribution is 2.16. The first-order valence-electron chi connectivity index (χ1n) is 13.2. The number of Topliss-reactive ketones (excluding diaryl/α,β-unsaturated/α-hetero) is 2. The molecule has 2 atom stereocenters. The maximum absolute atomic E-state index is 12.1. The van der Waals surface area contributed by atoms with E-state index in [1.54, 1.807) is 0 Å². The van der Waals surface area contributed by atoms with Gasteiger partial charge in [-0.2, -0.15) is 0 Å². The maximum Gasteiger partial charge on any atom is 0.306 e. The number of carbonyl (C=O) groups is 4. The van der Waals surface area contributed by atoms with Crippen LogP contribution in [0.2, 0.25) is 0 Å². The van der Waals surface area contributed by atoms with Crippen LogP contribution in [0.15, 0.2) is 60.7 Å². The number of nitrogens with zero attached hydrogens (tertiary/aromatic N) is 1. The van der Waals surface area contributed by atoms with Gasteiger partial charge in [0.15, 0.2) is 0 Å². The minimum atomic E-state index is -0.931. The van der Waals surface area contributed by atoms with Crippen LogP contribution in [0.5, 0.6) is 0 Å². The summed E-state index contributed by atoms with van der Waals surface area (Å²) in [6, 6.07) is 19.4. The number of alkyl halides is 1. The SMILES string of the molecule is C.C.O=C(CCl)C[C@@H](CCc1ccccc1)C(=O)O.O=C(C[C@@H](CCc1ccccc1)C(=O)O)CN1CCOCC1. The molecule has 228 valence electrons. The average molecular weight is 592 g/mol. The summed E-state index contributed by atoms with van der Waals surface area (Å²) in [6.45, 7) is 3.10. The summed E-state index contributed by atoms with van der Waals surface area (Å²) in [5.41, 5.74) is 2.19. The molecule has 0 amide bonds. The molecule has 41 heavy (non-hydrogen) atoms. The van der Waals surface area contributed by atoms with Gasteiger partial charge in [-0.15, -0.1) is 11.6 Å². The Morgan fingerprint density at radius 1 is 0.732 bits per heavy atom. The Morgan fingerprint density at radius 3 is 1.54 bits per heavy atom. The molecule has 8 nitrogen and oxygen atoms in total. The smallest absolute Gasteiger partial charge is 0.306 e. The summed E-state index contributed by atoms with van der Waals surface area (Å²) in [6.07, 6.45) is 2.43. The topological polar surface area (TPSA) is 121 Å². The highest BCUT2D eigenvalue weighted by atomic mass is 35.5. The number of carbonyl (C=O) groups excluding carboxylic acids is 2. The van der Waals surface area contributed by atoms with Crippen molar-refractivity contribution in [2.45, 2.75) is 53.4 Å². The van der Waals surface area contributed by atoms with Crippen molar-refractivity contribution < 1.29 is 34.1 Å². The first-order chi connectivity index (χ1) is 18.8.